The molecule has 8 heteroatoms. The highest BCUT2D eigenvalue weighted by Gasteiger charge is 2.24. The van der Waals surface area contributed by atoms with Crippen LogP contribution in [0.15, 0.2) is 6.20 Å². The fourth-order valence-electron chi connectivity index (χ4n) is 1.88. The number of anilines is 1. The zero-order valence-corrected chi connectivity index (χ0v) is 10.8. The summed E-state index contributed by atoms with van der Waals surface area (Å²) in [6.45, 7) is 3.33. The minimum absolute atomic E-state index is 0.0188. The average molecular weight is 270 g/mol. The molecule has 7 nitrogen and oxygen atoms in total. The number of aromatic nitrogens is 1. The van der Waals surface area contributed by atoms with Gasteiger partial charge in [0.05, 0.1) is 4.92 Å². The summed E-state index contributed by atoms with van der Waals surface area (Å²) >= 11 is 0.937. The van der Waals surface area contributed by atoms with Crippen molar-refractivity contribution >= 4 is 27.4 Å². The Morgan fingerprint density at radius 1 is 1.61 bits per heavy atom. The van der Waals surface area contributed by atoms with Gasteiger partial charge in [0.2, 0.25) is 5.91 Å². The Kier molecular flexibility index (Phi) is 3.75. The van der Waals surface area contributed by atoms with Crippen LogP contribution in [-0.2, 0) is 4.79 Å². The number of hydrogen-bond donors (Lipinski definition) is 1. The first-order valence-corrected chi connectivity index (χ1v) is 6.55. The molecule has 0 bridgehead atoms. The fourth-order valence-corrected chi connectivity index (χ4v) is 2.59. The zero-order chi connectivity index (χ0) is 13.1. The molecule has 2 rings (SSSR count). The van der Waals surface area contributed by atoms with Gasteiger partial charge >= 0.3 is 5.00 Å². The van der Waals surface area contributed by atoms with Gasteiger partial charge in [-0.2, -0.15) is 0 Å². The van der Waals surface area contributed by atoms with Crippen molar-refractivity contribution in [3.05, 3.63) is 16.3 Å². The van der Waals surface area contributed by atoms with E-state index in [9.17, 15) is 14.9 Å². The van der Waals surface area contributed by atoms with Crippen LogP contribution in [0.1, 0.15) is 19.8 Å². The summed E-state index contributed by atoms with van der Waals surface area (Å²) < 4.78 is 0. The summed E-state index contributed by atoms with van der Waals surface area (Å²) in [6, 6.07) is -0.408. The van der Waals surface area contributed by atoms with Crippen LogP contribution in [0.2, 0.25) is 0 Å². The Bertz CT molecular complexity index is 456. The molecule has 2 heterocycles. The largest absolute Gasteiger partial charge is 0.350 e. The second kappa shape index (κ2) is 5.30. The highest BCUT2D eigenvalue weighted by Crippen LogP contribution is 2.25. The number of rotatable bonds is 4. The summed E-state index contributed by atoms with van der Waals surface area (Å²) in [5.41, 5.74) is 0. The molecule has 18 heavy (non-hydrogen) atoms. The van der Waals surface area contributed by atoms with Crippen LogP contribution in [0, 0.1) is 10.1 Å². The summed E-state index contributed by atoms with van der Waals surface area (Å²) in [5.74, 6) is 0.0188. The van der Waals surface area contributed by atoms with Gasteiger partial charge in [0, 0.05) is 13.1 Å². The summed E-state index contributed by atoms with van der Waals surface area (Å²) in [6.07, 6.45) is 3.28. The van der Waals surface area contributed by atoms with Gasteiger partial charge in [-0.1, -0.05) is 0 Å². The molecule has 1 aliphatic heterocycles. The smallest absolute Gasteiger partial charge is 0.345 e. The van der Waals surface area contributed by atoms with E-state index in [4.69, 9.17) is 0 Å². The number of nitrogens with one attached hydrogen (secondary N) is 1. The number of carbonyl (C=O) groups excluding carboxylic acids is 1. The predicted molar refractivity (Wildman–Crippen MR) is 67.7 cm³/mol. The van der Waals surface area contributed by atoms with E-state index in [1.165, 1.54) is 6.20 Å². The molecule has 0 aromatic carbocycles. The highest BCUT2D eigenvalue weighted by molar-refractivity contribution is 7.18. The predicted octanol–water partition coefficient (Wildman–Crippen LogP) is 1.47. The monoisotopic (exact) mass is 270 g/mol. The first kappa shape index (κ1) is 12.7. The lowest BCUT2D eigenvalue weighted by Gasteiger charge is -2.20. The number of likely N-dealkylation sites (tertiary alicyclic amines) is 1. The Morgan fingerprint density at radius 3 is 2.83 bits per heavy atom. The number of thiazole rings is 1. The maximum Gasteiger partial charge on any atom is 0.345 e. The fraction of sp³-hybridized carbons (Fsp3) is 0.600. The highest BCUT2D eigenvalue weighted by atomic mass is 32.1. The molecule has 1 N–H and O–H groups in total. The van der Waals surface area contributed by atoms with Crippen LogP contribution in [0.4, 0.5) is 10.1 Å². The third-order valence-electron chi connectivity index (χ3n) is 2.80. The van der Waals surface area contributed by atoms with Gasteiger partial charge in [0.1, 0.15) is 12.2 Å². The number of nitro groups is 1. The van der Waals surface area contributed by atoms with E-state index < -0.39 is 11.0 Å². The first-order chi connectivity index (χ1) is 8.58. The minimum atomic E-state index is -0.490. The zero-order valence-electron chi connectivity index (χ0n) is 9.96. The molecule has 1 fully saturated rings. The van der Waals surface area contributed by atoms with Crippen LogP contribution in [0.25, 0.3) is 0 Å². The lowest BCUT2D eigenvalue weighted by atomic mass is 10.3. The van der Waals surface area contributed by atoms with Crippen molar-refractivity contribution in [2.45, 2.75) is 25.8 Å². The van der Waals surface area contributed by atoms with E-state index in [2.05, 4.69) is 10.3 Å². The van der Waals surface area contributed by atoms with E-state index in [1.807, 2.05) is 0 Å². The molecule has 1 aromatic heterocycles. The number of nitrogens with zero attached hydrogens (tertiary/aromatic N) is 3. The standard InChI is InChI=1S/C10H14N4O3S/c1-7(9(15)13-4-2-3-5-13)12-10-11-6-8(18-10)14(16)17/h6-7H,2-5H2,1H3,(H,11,12). The van der Waals surface area contributed by atoms with Crippen LogP contribution in [0.3, 0.4) is 0 Å². The maximum atomic E-state index is 12.0. The molecule has 0 saturated carbocycles. The average Bonchev–Trinajstić information content (AvgIpc) is 2.98. The minimum Gasteiger partial charge on any atom is -0.350 e. The van der Waals surface area contributed by atoms with Crippen molar-refractivity contribution in [2.24, 2.45) is 0 Å². The summed E-state index contributed by atoms with van der Waals surface area (Å²) in [5, 5.41) is 13.8. The lowest BCUT2D eigenvalue weighted by molar-refractivity contribution is -0.380. The van der Waals surface area contributed by atoms with Gasteiger partial charge < -0.3 is 10.2 Å². The van der Waals surface area contributed by atoms with Crippen molar-refractivity contribution in [2.75, 3.05) is 18.4 Å². The Labute approximate surface area is 108 Å². The molecular formula is C10H14N4O3S. The molecule has 1 aromatic rings. The summed E-state index contributed by atoms with van der Waals surface area (Å²) in [7, 11) is 0. The number of hydrogen-bond acceptors (Lipinski definition) is 6. The van der Waals surface area contributed by atoms with E-state index in [-0.39, 0.29) is 10.9 Å². The van der Waals surface area contributed by atoms with Gasteiger partial charge in [-0.25, -0.2) is 4.98 Å². The van der Waals surface area contributed by atoms with E-state index in [0.717, 1.165) is 37.3 Å². The van der Waals surface area contributed by atoms with Crippen LogP contribution >= 0.6 is 11.3 Å². The molecule has 1 atom stereocenters. The Hall–Kier alpha value is -1.70. The molecule has 1 saturated heterocycles. The second-order valence-electron chi connectivity index (χ2n) is 4.16. The van der Waals surface area contributed by atoms with Gasteiger partial charge in [-0.05, 0) is 31.1 Å². The number of carbonyl (C=O) groups is 1. The van der Waals surface area contributed by atoms with Gasteiger partial charge in [-0.3, -0.25) is 14.9 Å². The maximum absolute atomic E-state index is 12.0. The van der Waals surface area contributed by atoms with E-state index >= 15 is 0 Å². The molecule has 1 amide bonds. The van der Waals surface area contributed by atoms with Crippen LogP contribution in [0.5, 0.6) is 0 Å². The van der Waals surface area contributed by atoms with Crippen LogP contribution < -0.4 is 5.32 Å². The Morgan fingerprint density at radius 2 is 2.28 bits per heavy atom. The van der Waals surface area contributed by atoms with Crippen molar-refractivity contribution in [1.82, 2.24) is 9.88 Å². The molecule has 98 valence electrons. The first-order valence-electron chi connectivity index (χ1n) is 5.73. The third-order valence-corrected chi connectivity index (χ3v) is 3.68. The lowest BCUT2D eigenvalue weighted by Crippen LogP contribution is -2.39. The third kappa shape index (κ3) is 2.76. The molecule has 1 aliphatic rings. The second-order valence-corrected chi connectivity index (χ2v) is 5.17. The SMILES string of the molecule is CC(Nc1ncc([N+](=O)[O-])s1)C(=O)N1CCCC1. The van der Waals surface area contributed by atoms with Gasteiger partial charge in [0.25, 0.3) is 0 Å². The van der Waals surface area contributed by atoms with Crippen molar-refractivity contribution in [1.29, 1.82) is 0 Å². The summed E-state index contributed by atoms with van der Waals surface area (Å²) in [4.78, 5) is 27.7. The normalized spacial score (nSPS) is 16.6. The van der Waals surface area contributed by atoms with Crippen molar-refractivity contribution in [3.8, 4) is 0 Å². The van der Waals surface area contributed by atoms with E-state index in [0.29, 0.717) is 5.13 Å². The molecule has 0 radical (unpaired) electrons. The molecule has 0 spiro atoms. The van der Waals surface area contributed by atoms with Crippen molar-refractivity contribution < 1.29 is 9.72 Å². The van der Waals surface area contributed by atoms with Crippen molar-refractivity contribution in [3.63, 3.8) is 0 Å². The van der Waals surface area contributed by atoms with E-state index in [1.54, 1.807) is 11.8 Å². The van der Waals surface area contributed by atoms with Crippen LogP contribution in [-0.4, -0.2) is 39.8 Å². The topological polar surface area (TPSA) is 88.4 Å². The Balaban J connectivity index is 1.95. The molecular weight excluding hydrogens is 256 g/mol. The number of amides is 1. The van der Waals surface area contributed by atoms with Gasteiger partial charge in [0.15, 0.2) is 5.13 Å². The van der Waals surface area contributed by atoms with Gasteiger partial charge in [-0.15, -0.1) is 0 Å². The molecule has 1 unspecified atom stereocenters. The molecule has 0 aliphatic carbocycles. The quantitative estimate of drug-likeness (QED) is 0.661.